The van der Waals surface area contributed by atoms with Crippen LogP contribution in [0.2, 0.25) is 0 Å². The summed E-state index contributed by atoms with van der Waals surface area (Å²) in [7, 11) is 2.92. The lowest BCUT2D eigenvalue weighted by atomic mass is 9.85. The topological polar surface area (TPSA) is 97.0 Å². The highest BCUT2D eigenvalue weighted by Crippen LogP contribution is 2.43. The van der Waals surface area contributed by atoms with Crippen LogP contribution in [0.4, 0.5) is 10.5 Å². The Hall–Kier alpha value is -4.33. The Morgan fingerprint density at radius 1 is 0.900 bits per heavy atom. The molecule has 3 aromatic rings. The molecular formula is C32H37N3O5. The van der Waals surface area contributed by atoms with Gasteiger partial charge in [0, 0.05) is 12.2 Å². The van der Waals surface area contributed by atoms with Gasteiger partial charge in [0.15, 0.2) is 0 Å². The number of methoxy groups -OCH3 is 2. The van der Waals surface area contributed by atoms with Crippen molar-refractivity contribution in [1.82, 2.24) is 10.2 Å². The minimum absolute atomic E-state index is 0.0653. The molecule has 1 aliphatic heterocycles. The molecule has 3 amide bonds. The quantitative estimate of drug-likeness (QED) is 0.387. The number of likely N-dealkylation sites (tertiary alicyclic amines) is 1. The molecule has 210 valence electrons. The number of para-hydroxylation sites is 1. The van der Waals surface area contributed by atoms with Crippen molar-refractivity contribution in [3.63, 3.8) is 0 Å². The summed E-state index contributed by atoms with van der Waals surface area (Å²) >= 11 is 0. The largest absolute Gasteiger partial charge is 0.497 e. The number of urea groups is 1. The van der Waals surface area contributed by atoms with Crippen molar-refractivity contribution in [3.05, 3.63) is 95.6 Å². The molecule has 40 heavy (non-hydrogen) atoms. The minimum atomic E-state index is -0.890. The summed E-state index contributed by atoms with van der Waals surface area (Å²) in [5.74, 6) is -0.811. The Bertz CT molecular complexity index is 1320. The van der Waals surface area contributed by atoms with E-state index >= 15 is 0 Å². The number of rotatable bonds is 7. The van der Waals surface area contributed by atoms with Crippen LogP contribution in [0.5, 0.6) is 5.75 Å². The van der Waals surface area contributed by atoms with Crippen LogP contribution in [-0.4, -0.2) is 43.1 Å². The molecule has 8 nitrogen and oxygen atoms in total. The predicted octanol–water partition coefficient (Wildman–Crippen LogP) is 5.45. The van der Waals surface area contributed by atoms with Crippen molar-refractivity contribution in [1.29, 1.82) is 0 Å². The maximum absolute atomic E-state index is 13.8. The lowest BCUT2D eigenvalue weighted by molar-refractivity contribution is -0.146. The fourth-order valence-electron chi connectivity index (χ4n) is 5.08. The number of hydrogen-bond acceptors (Lipinski definition) is 5. The van der Waals surface area contributed by atoms with Gasteiger partial charge in [-0.25, -0.2) is 4.79 Å². The molecule has 0 aliphatic carbocycles. The van der Waals surface area contributed by atoms with E-state index in [1.807, 2.05) is 66.7 Å². The standard InChI is InChI=1S/C32H37N3O5/c1-32(2,3)23-15-13-22(14-16-23)28-26(30(37)40-5)19-27(35(28)31(38)34-24-9-7-6-8-10-24)29(36)33-20-21-11-17-25(39-4)18-12-21/h6-18,26-28H,19-20H2,1-5H3,(H,33,36)(H,34,38). The van der Waals surface area contributed by atoms with E-state index in [0.29, 0.717) is 5.69 Å². The van der Waals surface area contributed by atoms with Gasteiger partial charge in [0.1, 0.15) is 11.8 Å². The van der Waals surface area contributed by atoms with E-state index in [1.165, 1.54) is 12.0 Å². The van der Waals surface area contributed by atoms with Crippen molar-refractivity contribution in [2.24, 2.45) is 5.92 Å². The molecule has 1 fully saturated rings. The highest BCUT2D eigenvalue weighted by atomic mass is 16.5. The predicted molar refractivity (Wildman–Crippen MR) is 154 cm³/mol. The van der Waals surface area contributed by atoms with Gasteiger partial charge in [-0.05, 0) is 52.8 Å². The normalized spacial score (nSPS) is 18.6. The van der Waals surface area contributed by atoms with Crippen LogP contribution in [0.15, 0.2) is 78.9 Å². The van der Waals surface area contributed by atoms with E-state index in [1.54, 1.807) is 19.2 Å². The molecule has 8 heteroatoms. The summed E-state index contributed by atoms with van der Waals surface area (Å²) in [6.07, 6.45) is 0.134. The Morgan fingerprint density at radius 2 is 1.55 bits per heavy atom. The van der Waals surface area contributed by atoms with Gasteiger partial charge in [0.05, 0.1) is 26.2 Å². The lowest BCUT2D eigenvalue weighted by Crippen LogP contribution is -2.48. The molecule has 1 saturated heterocycles. The minimum Gasteiger partial charge on any atom is -0.497 e. The van der Waals surface area contributed by atoms with Gasteiger partial charge in [-0.3, -0.25) is 9.59 Å². The van der Waals surface area contributed by atoms with Crippen LogP contribution in [0.25, 0.3) is 0 Å². The van der Waals surface area contributed by atoms with E-state index in [4.69, 9.17) is 9.47 Å². The number of hydrogen-bond donors (Lipinski definition) is 2. The first-order valence-electron chi connectivity index (χ1n) is 13.4. The van der Waals surface area contributed by atoms with Crippen LogP contribution < -0.4 is 15.4 Å². The Balaban J connectivity index is 1.67. The zero-order valence-electron chi connectivity index (χ0n) is 23.6. The number of nitrogens with one attached hydrogen (secondary N) is 2. The van der Waals surface area contributed by atoms with Gasteiger partial charge in [0.25, 0.3) is 0 Å². The monoisotopic (exact) mass is 543 g/mol. The average Bonchev–Trinajstić information content (AvgIpc) is 3.37. The van der Waals surface area contributed by atoms with Crippen LogP contribution >= 0.6 is 0 Å². The van der Waals surface area contributed by atoms with Crippen LogP contribution in [-0.2, 0) is 26.3 Å². The molecular weight excluding hydrogens is 506 g/mol. The maximum Gasteiger partial charge on any atom is 0.323 e. The van der Waals surface area contributed by atoms with Crippen molar-refractivity contribution >= 4 is 23.6 Å². The third-order valence-corrected chi connectivity index (χ3v) is 7.30. The molecule has 3 aromatic carbocycles. The molecule has 1 heterocycles. The smallest absolute Gasteiger partial charge is 0.323 e. The van der Waals surface area contributed by atoms with E-state index in [2.05, 4.69) is 31.4 Å². The summed E-state index contributed by atoms with van der Waals surface area (Å²) in [4.78, 5) is 42.0. The molecule has 0 aromatic heterocycles. The van der Waals surface area contributed by atoms with Gasteiger partial charge in [-0.15, -0.1) is 0 Å². The van der Waals surface area contributed by atoms with Gasteiger partial charge in [-0.1, -0.05) is 75.4 Å². The second kappa shape index (κ2) is 12.2. The molecule has 0 saturated carbocycles. The molecule has 3 unspecified atom stereocenters. The summed E-state index contributed by atoms with van der Waals surface area (Å²) in [6.45, 7) is 6.63. The summed E-state index contributed by atoms with van der Waals surface area (Å²) in [5.41, 5.74) is 3.29. The second-order valence-corrected chi connectivity index (χ2v) is 11.0. The first-order chi connectivity index (χ1) is 19.1. The SMILES string of the molecule is COC(=O)C1CC(C(=O)NCc2ccc(OC)cc2)N(C(=O)Nc2ccccc2)C1c1ccc(C(C)(C)C)cc1. The van der Waals surface area contributed by atoms with Crippen molar-refractivity contribution in [2.75, 3.05) is 19.5 Å². The van der Waals surface area contributed by atoms with Crippen molar-refractivity contribution in [2.45, 2.75) is 51.2 Å². The Labute approximate surface area is 235 Å². The fraction of sp³-hybridized carbons (Fsp3) is 0.344. The number of nitrogens with zero attached hydrogens (tertiary/aromatic N) is 1. The summed E-state index contributed by atoms with van der Waals surface area (Å²) in [5, 5.41) is 5.86. The van der Waals surface area contributed by atoms with Crippen molar-refractivity contribution in [3.8, 4) is 5.75 Å². The van der Waals surface area contributed by atoms with Gasteiger partial charge >= 0.3 is 12.0 Å². The molecule has 0 spiro atoms. The molecule has 1 aliphatic rings. The number of carbonyl (C=O) groups is 3. The third-order valence-electron chi connectivity index (χ3n) is 7.30. The number of esters is 1. The number of amides is 3. The highest BCUT2D eigenvalue weighted by Gasteiger charge is 2.51. The molecule has 0 bridgehead atoms. The molecule has 4 rings (SSSR count). The van der Waals surface area contributed by atoms with Crippen LogP contribution in [0.3, 0.4) is 0 Å². The zero-order chi connectivity index (χ0) is 28.9. The number of anilines is 1. The van der Waals surface area contributed by atoms with E-state index in [0.717, 1.165) is 22.4 Å². The lowest BCUT2D eigenvalue weighted by Gasteiger charge is -2.31. The fourth-order valence-corrected chi connectivity index (χ4v) is 5.08. The maximum atomic E-state index is 13.8. The molecule has 3 atom stereocenters. The molecule has 0 radical (unpaired) electrons. The van der Waals surface area contributed by atoms with Gasteiger partial charge in [0.2, 0.25) is 5.91 Å². The van der Waals surface area contributed by atoms with Gasteiger partial charge < -0.3 is 25.0 Å². The number of benzene rings is 3. The van der Waals surface area contributed by atoms with Crippen molar-refractivity contribution < 1.29 is 23.9 Å². The summed E-state index contributed by atoms with van der Waals surface area (Å²) < 4.78 is 10.4. The average molecular weight is 544 g/mol. The Morgan fingerprint density at radius 3 is 2.12 bits per heavy atom. The van der Waals surface area contributed by atoms with Gasteiger partial charge in [-0.2, -0.15) is 0 Å². The van der Waals surface area contributed by atoms with E-state index < -0.39 is 30.0 Å². The Kier molecular flexibility index (Phi) is 8.77. The third kappa shape index (κ3) is 6.45. The second-order valence-electron chi connectivity index (χ2n) is 11.0. The first kappa shape index (κ1) is 28.7. The molecule has 2 N–H and O–H groups in total. The highest BCUT2D eigenvalue weighted by molar-refractivity contribution is 5.96. The van der Waals surface area contributed by atoms with Crippen LogP contribution in [0.1, 0.15) is 49.9 Å². The zero-order valence-corrected chi connectivity index (χ0v) is 23.6. The number of carbonyl (C=O) groups excluding carboxylic acids is 3. The van der Waals surface area contributed by atoms with Crippen LogP contribution in [0, 0.1) is 5.92 Å². The van der Waals surface area contributed by atoms with E-state index in [-0.39, 0.29) is 24.3 Å². The summed E-state index contributed by atoms with van der Waals surface area (Å²) in [6, 6.07) is 22.2. The first-order valence-corrected chi connectivity index (χ1v) is 13.4. The number of ether oxygens (including phenoxy) is 2. The van der Waals surface area contributed by atoms with E-state index in [9.17, 15) is 14.4 Å².